The number of rotatable bonds is 4. The van der Waals surface area contributed by atoms with Crippen LogP contribution < -0.4 is 5.73 Å². The SMILES string of the molecule is Cc1ccccc1S(=O)(=O)CCC(C)N. The van der Waals surface area contributed by atoms with E-state index in [2.05, 4.69) is 0 Å². The highest BCUT2D eigenvalue weighted by atomic mass is 32.2. The highest BCUT2D eigenvalue weighted by molar-refractivity contribution is 7.91. The minimum atomic E-state index is -3.17. The molecule has 1 rings (SSSR count). The lowest BCUT2D eigenvalue weighted by atomic mass is 10.2. The third-order valence-corrected chi connectivity index (χ3v) is 4.17. The molecule has 0 fully saturated rings. The maximum Gasteiger partial charge on any atom is 0.178 e. The van der Waals surface area contributed by atoms with E-state index in [0.29, 0.717) is 11.3 Å². The molecule has 1 unspecified atom stereocenters. The molecule has 0 aliphatic carbocycles. The minimum absolute atomic E-state index is 0.0798. The van der Waals surface area contributed by atoms with Crippen molar-refractivity contribution in [2.75, 3.05) is 5.75 Å². The monoisotopic (exact) mass is 227 g/mol. The van der Waals surface area contributed by atoms with Crippen molar-refractivity contribution < 1.29 is 8.42 Å². The Labute approximate surface area is 91.2 Å². The predicted molar refractivity (Wildman–Crippen MR) is 61.5 cm³/mol. The molecule has 84 valence electrons. The summed E-state index contributed by atoms with van der Waals surface area (Å²) < 4.78 is 23.8. The highest BCUT2D eigenvalue weighted by Gasteiger charge is 2.16. The first-order valence-corrected chi connectivity index (χ1v) is 6.62. The summed E-state index contributed by atoms with van der Waals surface area (Å²) in [6.07, 6.45) is 0.497. The van der Waals surface area contributed by atoms with Crippen molar-refractivity contribution in [3.8, 4) is 0 Å². The largest absolute Gasteiger partial charge is 0.328 e. The van der Waals surface area contributed by atoms with Gasteiger partial charge in [-0.2, -0.15) is 0 Å². The number of hydrogen-bond acceptors (Lipinski definition) is 3. The van der Waals surface area contributed by atoms with Crippen molar-refractivity contribution in [2.24, 2.45) is 5.73 Å². The smallest absolute Gasteiger partial charge is 0.178 e. The van der Waals surface area contributed by atoms with Crippen LogP contribution in [0.4, 0.5) is 0 Å². The normalized spacial score (nSPS) is 13.8. The third-order valence-electron chi connectivity index (χ3n) is 2.27. The fraction of sp³-hybridized carbons (Fsp3) is 0.455. The Morgan fingerprint density at radius 3 is 2.47 bits per heavy atom. The van der Waals surface area contributed by atoms with Crippen LogP contribution in [0.2, 0.25) is 0 Å². The van der Waals surface area contributed by atoms with Gasteiger partial charge in [-0.05, 0) is 31.9 Å². The number of hydrogen-bond donors (Lipinski definition) is 1. The molecular formula is C11H17NO2S. The Balaban J connectivity index is 2.92. The van der Waals surface area contributed by atoms with Gasteiger partial charge in [-0.3, -0.25) is 0 Å². The van der Waals surface area contributed by atoms with E-state index in [-0.39, 0.29) is 11.8 Å². The van der Waals surface area contributed by atoms with E-state index in [0.717, 1.165) is 5.56 Å². The Hall–Kier alpha value is -0.870. The average molecular weight is 227 g/mol. The van der Waals surface area contributed by atoms with Gasteiger partial charge in [-0.15, -0.1) is 0 Å². The van der Waals surface area contributed by atoms with Crippen molar-refractivity contribution in [3.05, 3.63) is 29.8 Å². The average Bonchev–Trinajstić information content (AvgIpc) is 2.15. The standard InChI is InChI=1S/C11H17NO2S/c1-9-5-3-4-6-11(9)15(13,14)8-7-10(2)12/h3-6,10H,7-8,12H2,1-2H3. The van der Waals surface area contributed by atoms with Crippen LogP contribution in [-0.2, 0) is 9.84 Å². The van der Waals surface area contributed by atoms with E-state index in [1.54, 1.807) is 25.1 Å². The summed E-state index contributed by atoms with van der Waals surface area (Å²) in [5.41, 5.74) is 6.34. The van der Waals surface area contributed by atoms with Gasteiger partial charge < -0.3 is 5.73 Å². The fourth-order valence-corrected chi connectivity index (χ4v) is 3.10. The van der Waals surface area contributed by atoms with Crippen LogP contribution in [0, 0.1) is 6.92 Å². The van der Waals surface area contributed by atoms with E-state index in [1.165, 1.54) is 0 Å². The number of aryl methyl sites for hydroxylation is 1. The Morgan fingerprint density at radius 1 is 1.33 bits per heavy atom. The van der Waals surface area contributed by atoms with Gasteiger partial charge in [0.1, 0.15) is 0 Å². The van der Waals surface area contributed by atoms with Gasteiger partial charge in [0.2, 0.25) is 0 Å². The van der Waals surface area contributed by atoms with E-state index in [1.807, 2.05) is 13.0 Å². The molecule has 2 N–H and O–H groups in total. The molecule has 1 atom stereocenters. The van der Waals surface area contributed by atoms with E-state index in [9.17, 15) is 8.42 Å². The molecule has 15 heavy (non-hydrogen) atoms. The quantitative estimate of drug-likeness (QED) is 0.848. The van der Waals surface area contributed by atoms with Crippen molar-refractivity contribution in [3.63, 3.8) is 0 Å². The fourth-order valence-electron chi connectivity index (χ4n) is 1.36. The molecule has 1 aromatic carbocycles. The van der Waals surface area contributed by atoms with Gasteiger partial charge in [-0.25, -0.2) is 8.42 Å². The Kier molecular flexibility index (Phi) is 3.88. The van der Waals surface area contributed by atoms with Crippen LogP contribution in [-0.4, -0.2) is 20.2 Å². The molecular weight excluding hydrogens is 210 g/mol. The van der Waals surface area contributed by atoms with E-state index in [4.69, 9.17) is 5.73 Å². The van der Waals surface area contributed by atoms with Crippen LogP contribution in [0.3, 0.4) is 0 Å². The molecule has 0 radical (unpaired) electrons. The molecule has 0 aliphatic heterocycles. The molecule has 4 heteroatoms. The molecule has 1 aromatic rings. The number of sulfone groups is 1. The molecule has 0 bridgehead atoms. The number of nitrogens with two attached hydrogens (primary N) is 1. The second-order valence-corrected chi connectivity index (χ2v) is 5.93. The zero-order valence-electron chi connectivity index (χ0n) is 9.10. The minimum Gasteiger partial charge on any atom is -0.328 e. The summed E-state index contributed by atoms with van der Waals surface area (Å²) in [6, 6.07) is 6.94. The van der Waals surface area contributed by atoms with Gasteiger partial charge in [0.05, 0.1) is 10.6 Å². The zero-order chi connectivity index (χ0) is 11.5. The van der Waals surface area contributed by atoms with E-state index >= 15 is 0 Å². The molecule has 3 nitrogen and oxygen atoms in total. The van der Waals surface area contributed by atoms with Crippen molar-refractivity contribution >= 4 is 9.84 Å². The molecule has 0 amide bonds. The molecule has 0 aromatic heterocycles. The van der Waals surface area contributed by atoms with E-state index < -0.39 is 9.84 Å². The van der Waals surface area contributed by atoms with Gasteiger partial charge in [0.25, 0.3) is 0 Å². The van der Waals surface area contributed by atoms with Gasteiger partial charge in [0.15, 0.2) is 9.84 Å². The molecule has 0 saturated heterocycles. The second-order valence-electron chi connectivity index (χ2n) is 3.85. The summed E-state index contributed by atoms with van der Waals surface area (Å²) >= 11 is 0. The van der Waals surface area contributed by atoms with Gasteiger partial charge >= 0.3 is 0 Å². The van der Waals surface area contributed by atoms with Crippen molar-refractivity contribution in [1.29, 1.82) is 0 Å². The predicted octanol–water partition coefficient (Wildman–Crippen LogP) is 1.51. The van der Waals surface area contributed by atoms with Crippen LogP contribution in [0.25, 0.3) is 0 Å². The first kappa shape index (κ1) is 12.2. The van der Waals surface area contributed by atoms with Gasteiger partial charge in [0, 0.05) is 6.04 Å². The maximum atomic E-state index is 11.9. The molecule has 0 saturated carbocycles. The lowest BCUT2D eigenvalue weighted by Crippen LogP contribution is -2.20. The maximum absolute atomic E-state index is 11.9. The van der Waals surface area contributed by atoms with Crippen molar-refractivity contribution in [2.45, 2.75) is 31.2 Å². The summed E-state index contributed by atoms with van der Waals surface area (Å²) in [7, 11) is -3.17. The van der Waals surface area contributed by atoms with Gasteiger partial charge in [-0.1, -0.05) is 18.2 Å². The summed E-state index contributed by atoms with van der Waals surface area (Å²) in [6.45, 7) is 3.62. The van der Waals surface area contributed by atoms with Crippen LogP contribution in [0.15, 0.2) is 29.2 Å². The second kappa shape index (κ2) is 4.77. The topological polar surface area (TPSA) is 60.2 Å². The first-order chi connectivity index (χ1) is 6.93. The Bertz CT molecular complexity index is 424. The molecule has 0 spiro atoms. The third kappa shape index (κ3) is 3.32. The zero-order valence-corrected chi connectivity index (χ0v) is 9.92. The van der Waals surface area contributed by atoms with Crippen LogP contribution >= 0.6 is 0 Å². The van der Waals surface area contributed by atoms with Crippen LogP contribution in [0.5, 0.6) is 0 Å². The highest BCUT2D eigenvalue weighted by Crippen LogP contribution is 2.16. The summed E-state index contributed by atoms with van der Waals surface area (Å²) in [4.78, 5) is 0.422. The summed E-state index contributed by atoms with van der Waals surface area (Å²) in [5.74, 6) is 0.121. The lowest BCUT2D eigenvalue weighted by molar-refractivity contribution is 0.587. The summed E-state index contributed by atoms with van der Waals surface area (Å²) in [5, 5.41) is 0. The first-order valence-electron chi connectivity index (χ1n) is 4.97. The molecule has 0 aliphatic rings. The van der Waals surface area contributed by atoms with Crippen molar-refractivity contribution in [1.82, 2.24) is 0 Å². The van der Waals surface area contributed by atoms with Crippen LogP contribution in [0.1, 0.15) is 18.9 Å². The lowest BCUT2D eigenvalue weighted by Gasteiger charge is -2.08. The Morgan fingerprint density at radius 2 is 1.93 bits per heavy atom. The number of benzene rings is 1. The molecule has 0 heterocycles.